The first kappa shape index (κ1) is 13.7. The summed E-state index contributed by atoms with van der Waals surface area (Å²) in [6.45, 7) is 3.62. The fourth-order valence-corrected chi connectivity index (χ4v) is 2.27. The molecule has 0 N–H and O–H groups in total. The van der Waals surface area contributed by atoms with Crippen molar-refractivity contribution in [3.05, 3.63) is 58.2 Å². The van der Waals surface area contributed by atoms with Gasteiger partial charge in [-0.2, -0.15) is 5.26 Å². The van der Waals surface area contributed by atoms with Crippen molar-refractivity contribution < 1.29 is 9.72 Å². The van der Waals surface area contributed by atoms with Crippen LogP contribution < -0.4 is 0 Å². The van der Waals surface area contributed by atoms with Gasteiger partial charge in [0, 0.05) is 29.6 Å². The quantitative estimate of drug-likeness (QED) is 0.479. The molecule has 1 aromatic carbocycles. The van der Waals surface area contributed by atoms with E-state index in [0.29, 0.717) is 23.1 Å². The third-order valence-corrected chi connectivity index (χ3v) is 3.37. The smallest absolute Gasteiger partial charge is 0.277 e. The number of benzene rings is 1. The van der Waals surface area contributed by atoms with Crippen molar-refractivity contribution in [1.82, 2.24) is 0 Å². The Balaban J connectivity index is 2.38. The third-order valence-electron chi connectivity index (χ3n) is 3.37. The molecule has 0 spiro atoms. The molecule has 2 rings (SSSR count). The predicted octanol–water partition coefficient (Wildman–Crippen LogP) is 3.04. The largest absolute Gasteiger partial charge is 0.294 e. The van der Waals surface area contributed by atoms with Crippen LogP contribution in [0.25, 0.3) is 5.57 Å². The van der Waals surface area contributed by atoms with Crippen molar-refractivity contribution in [3.63, 3.8) is 0 Å². The van der Waals surface area contributed by atoms with Gasteiger partial charge in [0.05, 0.1) is 16.6 Å². The number of nitrogens with zero attached hydrogens (tertiary/aromatic N) is 2. The predicted molar refractivity (Wildman–Crippen MR) is 73.6 cm³/mol. The second-order valence-corrected chi connectivity index (χ2v) is 4.59. The Hall–Kier alpha value is -2.74. The van der Waals surface area contributed by atoms with Crippen LogP contribution in [0.5, 0.6) is 0 Å². The lowest BCUT2D eigenvalue weighted by Gasteiger charge is -2.19. The number of carbonyl (C=O) groups excluding carboxylic acids is 1. The van der Waals surface area contributed by atoms with E-state index in [9.17, 15) is 14.9 Å². The second-order valence-electron chi connectivity index (χ2n) is 4.59. The maximum absolute atomic E-state index is 12.2. The van der Waals surface area contributed by atoms with Gasteiger partial charge in [-0.1, -0.05) is 24.8 Å². The van der Waals surface area contributed by atoms with E-state index in [1.54, 1.807) is 24.3 Å². The molecule has 1 atom stereocenters. The Morgan fingerprint density at radius 2 is 2.15 bits per heavy atom. The summed E-state index contributed by atoms with van der Waals surface area (Å²) in [4.78, 5) is 22.7. The molecule has 0 bridgehead atoms. The number of carbonyl (C=O) groups is 1. The second kappa shape index (κ2) is 5.49. The molecule has 0 fully saturated rings. The maximum Gasteiger partial charge on any atom is 0.277 e. The van der Waals surface area contributed by atoms with E-state index in [0.717, 1.165) is 0 Å². The molecule has 0 saturated heterocycles. The fourth-order valence-electron chi connectivity index (χ4n) is 2.27. The van der Waals surface area contributed by atoms with Gasteiger partial charge in [0.1, 0.15) is 0 Å². The molecule has 0 heterocycles. The Morgan fingerprint density at radius 1 is 1.45 bits per heavy atom. The van der Waals surface area contributed by atoms with Gasteiger partial charge in [0.25, 0.3) is 5.69 Å². The van der Waals surface area contributed by atoms with Crippen molar-refractivity contribution in [2.24, 2.45) is 5.92 Å². The van der Waals surface area contributed by atoms with Gasteiger partial charge in [-0.25, -0.2) is 0 Å². The molecule has 0 amide bonds. The normalized spacial score (nSPS) is 18.1. The number of hydrogen-bond donors (Lipinski definition) is 0. The molecule has 100 valence electrons. The highest BCUT2D eigenvalue weighted by atomic mass is 16.6. The number of hydrogen-bond acceptors (Lipinski definition) is 4. The zero-order chi connectivity index (χ0) is 14.7. The van der Waals surface area contributed by atoms with Crippen LogP contribution >= 0.6 is 0 Å². The van der Waals surface area contributed by atoms with Crippen LogP contribution in [0.3, 0.4) is 0 Å². The molecule has 1 aliphatic carbocycles. The van der Waals surface area contributed by atoms with Crippen molar-refractivity contribution in [3.8, 4) is 6.07 Å². The topological polar surface area (TPSA) is 84.0 Å². The molecule has 20 heavy (non-hydrogen) atoms. The number of allylic oxidation sites excluding steroid dienone is 3. The van der Waals surface area contributed by atoms with Crippen molar-refractivity contribution in [2.45, 2.75) is 12.8 Å². The number of Topliss-reactive ketones (excluding diaryl/α,β-unsaturated/α-hetero) is 1. The number of rotatable bonds is 3. The van der Waals surface area contributed by atoms with Crippen LogP contribution in [0.2, 0.25) is 0 Å². The lowest BCUT2D eigenvalue weighted by atomic mass is 9.82. The van der Waals surface area contributed by atoms with E-state index in [1.165, 1.54) is 6.07 Å². The highest BCUT2D eigenvalue weighted by Gasteiger charge is 2.28. The highest BCUT2D eigenvalue weighted by Crippen LogP contribution is 2.34. The van der Waals surface area contributed by atoms with Gasteiger partial charge >= 0.3 is 0 Å². The van der Waals surface area contributed by atoms with E-state index in [-0.39, 0.29) is 23.8 Å². The molecule has 5 nitrogen and oxygen atoms in total. The maximum atomic E-state index is 12.2. The molecule has 0 aliphatic heterocycles. The third kappa shape index (κ3) is 2.50. The molecule has 1 unspecified atom stereocenters. The molecule has 0 aromatic heterocycles. The molecule has 0 saturated carbocycles. The molecular weight excluding hydrogens is 256 g/mol. The summed E-state index contributed by atoms with van der Waals surface area (Å²) in [5.74, 6) is -0.383. The number of para-hydroxylation sites is 1. The summed E-state index contributed by atoms with van der Waals surface area (Å²) < 4.78 is 0. The molecule has 1 aromatic rings. The summed E-state index contributed by atoms with van der Waals surface area (Å²) in [7, 11) is 0. The fraction of sp³-hybridized carbons (Fsp3) is 0.200. The zero-order valence-electron chi connectivity index (χ0n) is 10.7. The zero-order valence-corrected chi connectivity index (χ0v) is 10.7. The van der Waals surface area contributed by atoms with Crippen molar-refractivity contribution in [2.75, 3.05) is 0 Å². The van der Waals surface area contributed by atoms with E-state index in [2.05, 4.69) is 6.58 Å². The van der Waals surface area contributed by atoms with Crippen LogP contribution in [-0.4, -0.2) is 10.7 Å². The Morgan fingerprint density at radius 3 is 2.75 bits per heavy atom. The van der Waals surface area contributed by atoms with Gasteiger partial charge in [0.15, 0.2) is 5.78 Å². The summed E-state index contributed by atoms with van der Waals surface area (Å²) in [5, 5.41) is 19.8. The van der Waals surface area contributed by atoms with E-state index >= 15 is 0 Å². The van der Waals surface area contributed by atoms with Crippen LogP contribution in [0.15, 0.2) is 42.5 Å². The van der Waals surface area contributed by atoms with Crippen LogP contribution in [0.4, 0.5) is 5.69 Å². The van der Waals surface area contributed by atoms with Gasteiger partial charge < -0.3 is 0 Å². The standard InChI is InChI=1S/C15H12N2O3/c1-10(9-16)11-6-7-13(15(18)8-11)12-4-2-3-5-14(12)17(19)20/h2-5,7,11H,1,6,8H2. The number of nitro benzene ring substituents is 1. The average Bonchev–Trinajstić information content (AvgIpc) is 2.46. The summed E-state index contributed by atoms with van der Waals surface area (Å²) >= 11 is 0. The first-order chi connectivity index (χ1) is 9.54. The van der Waals surface area contributed by atoms with Crippen LogP contribution in [-0.2, 0) is 4.79 Å². The van der Waals surface area contributed by atoms with Gasteiger partial charge in [0.2, 0.25) is 0 Å². The van der Waals surface area contributed by atoms with E-state index in [1.807, 2.05) is 6.07 Å². The van der Waals surface area contributed by atoms with Gasteiger partial charge in [-0.15, -0.1) is 0 Å². The van der Waals surface area contributed by atoms with Gasteiger partial charge in [-0.3, -0.25) is 14.9 Å². The number of nitriles is 1. The van der Waals surface area contributed by atoms with Crippen LogP contribution in [0, 0.1) is 27.4 Å². The molecule has 1 aliphatic rings. The Labute approximate surface area is 116 Å². The lowest BCUT2D eigenvalue weighted by molar-refractivity contribution is -0.385. The monoisotopic (exact) mass is 268 g/mol. The minimum atomic E-state index is -0.496. The minimum absolute atomic E-state index is 0.0790. The van der Waals surface area contributed by atoms with E-state index < -0.39 is 4.92 Å². The van der Waals surface area contributed by atoms with Gasteiger partial charge in [-0.05, 0) is 12.5 Å². The first-order valence-corrected chi connectivity index (χ1v) is 6.10. The highest BCUT2D eigenvalue weighted by molar-refractivity contribution is 6.22. The molecule has 5 heteroatoms. The summed E-state index contributed by atoms with van der Waals surface area (Å²) in [6.07, 6.45) is 2.34. The van der Waals surface area contributed by atoms with Crippen molar-refractivity contribution in [1.29, 1.82) is 5.26 Å². The molecule has 0 radical (unpaired) electrons. The van der Waals surface area contributed by atoms with E-state index in [4.69, 9.17) is 5.26 Å². The SMILES string of the molecule is C=C(C#N)C1CC=C(c2ccccc2[N+](=O)[O-])C(=O)C1. The number of nitro groups is 1. The average molecular weight is 268 g/mol. The summed E-state index contributed by atoms with van der Waals surface area (Å²) in [6, 6.07) is 8.13. The lowest BCUT2D eigenvalue weighted by Crippen LogP contribution is -2.16. The number of ketones is 1. The Bertz CT molecular complexity index is 668. The van der Waals surface area contributed by atoms with Crippen LogP contribution in [0.1, 0.15) is 18.4 Å². The minimum Gasteiger partial charge on any atom is -0.294 e. The first-order valence-electron chi connectivity index (χ1n) is 6.10. The Kier molecular flexibility index (Phi) is 3.76. The molecular formula is C15H12N2O3. The summed E-state index contributed by atoms with van der Waals surface area (Å²) in [5.41, 5.74) is 0.990. The van der Waals surface area contributed by atoms with Crippen molar-refractivity contribution >= 4 is 17.0 Å².